The lowest BCUT2D eigenvalue weighted by atomic mass is 10.2. The van der Waals surface area contributed by atoms with Crippen LogP contribution in [0.4, 0.5) is 0 Å². The first-order valence-corrected chi connectivity index (χ1v) is 6.41. The fourth-order valence-corrected chi connectivity index (χ4v) is 2.25. The molecule has 0 saturated heterocycles. The molecule has 0 aliphatic rings. The summed E-state index contributed by atoms with van der Waals surface area (Å²) in [6, 6.07) is 11.0. The second-order valence-corrected chi connectivity index (χ2v) is 4.80. The minimum Gasteiger partial charge on any atom is -0.481 e. The van der Waals surface area contributed by atoms with Crippen LogP contribution in [-0.4, -0.2) is 25.2 Å². The van der Waals surface area contributed by atoms with Gasteiger partial charge in [0.25, 0.3) is 0 Å². The zero-order valence-corrected chi connectivity index (χ0v) is 11.4. The molecule has 4 nitrogen and oxygen atoms in total. The highest BCUT2D eigenvalue weighted by atomic mass is 32.2. The number of carbonyl (C=O) groups is 1. The molecule has 0 saturated carbocycles. The van der Waals surface area contributed by atoms with E-state index < -0.39 is 0 Å². The first-order valence-electron chi connectivity index (χ1n) is 5.59. The van der Waals surface area contributed by atoms with Crippen molar-refractivity contribution in [2.24, 2.45) is 0 Å². The molecule has 0 aliphatic heterocycles. The molecule has 1 aromatic heterocycles. The topological polar surface area (TPSA) is 48.4 Å². The highest BCUT2D eigenvalue weighted by Gasteiger charge is 2.05. The van der Waals surface area contributed by atoms with Gasteiger partial charge >= 0.3 is 5.97 Å². The molecule has 19 heavy (non-hydrogen) atoms. The average molecular weight is 275 g/mol. The molecular weight excluding hydrogens is 262 g/mol. The van der Waals surface area contributed by atoms with Crippen molar-refractivity contribution in [3.8, 4) is 5.88 Å². The number of rotatable bonds is 4. The van der Waals surface area contributed by atoms with Gasteiger partial charge in [0.05, 0.1) is 19.8 Å². The van der Waals surface area contributed by atoms with Gasteiger partial charge in [-0.1, -0.05) is 11.8 Å². The van der Waals surface area contributed by atoms with Crippen molar-refractivity contribution in [2.75, 3.05) is 14.2 Å². The number of hydrogen-bond donors (Lipinski definition) is 0. The van der Waals surface area contributed by atoms with Crippen molar-refractivity contribution in [1.29, 1.82) is 0 Å². The molecule has 0 aliphatic carbocycles. The summed E-state index contributed by atoms with van der Waals surface area (Å²) in [5.74, 6) is 0.257. The van der Waals surface area contributed by atoms with Crippen LogP contribution >= 0.6 is 11.8 Å². The average Bonchev–Trinajstić information content (AvgIpc) is 2.48. The van der Waals surface area contributed by atoms with Gasteiger partial charge in [-0.3, -0.25) is 0 Å². The maximum Gasteiger partial charge on any atom is 0.337 e. The van der Waals surface area contributed by atoms with Crippen LogP contribution in [0.2, 0.25) is 0 Å². The van der Waals surface area contributed by atoms with E-state index in [-0.39, 0.29) is 5.97 Å². The number of methoxy groups -OCH3 is 2. The second kappa shape index (κ2) is 6.24. The summed E-state index contributed by atoms with van der Waals surface area (Å²) < 4.78 is 9.65. The number of aromatic nitrogens is 1. The summed E-state index contributed by atoms with van der Waals surface area (Å²) in [6.45, 7) is 0. The molecule has 0 amide bonds. The number of pyridine rings is 1. The number of ether oxygens (including phenoxy) is 2. The lowest BCUT2D eigenvalue weighted by Crippen LogP contribution is -2.00. The molecule has 0 atom stereocenters. The van der Waals surface area contributed by atoms with E-state index in [0.717, 1.165) is 9.79 Å². The summed E-state index contributed by atoms with van der Waals surface area (Å²) in [5.41, 5.74) is 0.541. The monoisotopic (exact) mass is 275 g/mol. The highest BCUT2D eigenvalue weighted by Crippen LogP contribution is 2.28. The molecule has 2 aromatic rings. The van der Waals surface area contributed by atoms with Crippen LogP contribution in [0.1, 0.15) is 10.4 Å². The van der Waals surface area contributed by atoms with Gasteiger partial charge in [0.1, 0.15) is 0 Å². The first kappa shape index (κ1) is 13.4. The van der Waals surface area contributed by atoms with Gasteiger partial charge in [0.15, 0.2) is 0 Å². The van der Waals surface area contributed by atoms with Crippen molar-refractivity contribution in [1.82, 2.24) is 4.98 Å². The Kier molecular flexibility index (Phi) is 4.41. The van der Waals surface area contributed by atoms with E-state index in [4.69, 9.17) is 4.74 Å². The van der Waals surface area contributed by atoms with E-state index in [2.05, 4.69) is 9.72 Å². The zero-order valence-electron chi connectivity index (χ0n) is 10.6. The third kappa shape index (κ3) is 3.48. The molecule has 0 radical (unpaired) electrons. The molecule has 0 N–H and O–H groups in total. The van der Waals surface area contributed by atoms with Crippen molar-refractivity contribution in [3.63, 3.8) is 0 Å². The SMILES string of the molecule is COC(=O)c1ccc(Sc2ccc(OC)nc2)cc1. The Balaban J connectivity index is 2.08. The second-order valence-electron chi connectivity index (χ2n) is 3.65. The minimum absolute atomic E-state index is 0.331. The van der Waals surface area contributed by atoms with E-state index >= 15 is 0 Å². The predicted molar refractivity (Wildman–Crippen MR) is 72.7 cm³/mol. The van der Waals surface area contributed by atoms with E-state index in [1.165, 1.54) is 7.11 Å². The number of nitrogens with zero attached hydrogens (tertiary/aromatic N) is 1. The van der Waals surface area contributed by atoms with Gasteiger partial charge in [-0.15, -0.1) is 0 Å². The number of benzene rings is 1. The van der Waals surface area contributed by atoms with Crippen molar-refractivity contribution in [3.05, 3.63) is 48.2 Å². The van der Waals surface area contributed by atoms with Crippen LogP contribution in [0.15, 0.2) is 52.4 Å². The lowest BCUT2D eigenvalue weighted by molar-refractivity contribution is 0.0600. The Hall–Kier alpha value is -2.01. The van der Waals surface area contributed by atoms with Gasteiger partial charge in [-0.05, 0) is 30.3 Å². The van der Waals surface area contributed by atoms with Gasteiger partial charge < -0.3 is 9.47 Å². The molecule has 0 unspecified atom stereocenters. The number of carbonyl (C=O) groups excluding carboxylic acids is 1. The Morgan fingerprint density at radius 1 is 1.05 bits per heavy atom. The fraction of sp³-hybridized carbons (Fsp3) is 0.143. The fourth-order valence-electron chi connectivity index (χ4n) is 1.46. The molecule has 0 spiro atoms. The van der Waals surface area contributed by atoms with Gasteiger partial charge in [0.2, 0.25) is 5.88 Å². The van der Waals surface area contributed by atoms with Crippen LogP contribution < -0.4 is 4.74 Å². The van der Waals surface area contributed by atoms with Gasteiger partial charge in [-0.2, -0.15) is 0 Å². The van der Waals surface area contributed by atoms with E-state index in [1.54, 1.807) is 37.2 Å². The standard InChI is InChI=1S/C14H13NO3S/c1-17-13-8-7-12(9-15-13)19-11-5-3-10(4-6-11)14(16)18-2/h3-9H,1-2H3. The molecule has 2 rings (SSSR count). The van der Waals surface area contributed by atoms with E-state index in [1.807, 2.05) is 24.3 Å². The van der Waals surface area contributed by atoms with Gasteiger partial charge in [0, 0.05) is 22.1 Å². The van der Waals surface area contributed by atoms with Gasteiger partial charge in [-0.25, -0.2) is 9.78 Å². The summed E-state index contributed by atoms with van der Waals surface area (Å²) >= 11 is 1.56. The first-order chi connectivity index (χ1) is 9.22. The van der Waals surface area contributed by atoms with Crippen molar-refractivity contribution in [2.45, 2.75) is 9.79 Å². The third-order valence-electron chi connectivity index (χ3n) is 2.43. The number of hydrogen-bond acceptors (Lipinski definition) is 5. The predicted octanol–water partition coefficient (Wildman–Crippen LogP) is 3.03. The molecule has 5 heteroatoms. The van der Waals surface area contributed by atoms with Crippen molar-refractivity contribution < 1.29 is 14.3 Å². The van der Waals surface area contributed by atoms with Crippen molar-refractivity contribution >= 4 is 17.7 Å². The quantitative estimate of drug-likeness (QED) is 0.803. The smallest absolute Gasteiger partial charge is 0.337 e. The Labute approximate surface area is 115 Å². The molecular formula is C14H13NO3S. The molecule has 1 heterocycles. The summed E-state index contributed by atoms with van der Waals surface area (Å²) in [4.78, 5) is 17.5. The van der Waals surface area contributed by atoms with Crippen LogP contribution in [-0.2, 0) is 4.74 Å². The maximum absolute atomic E-state index is 11.3. The summed E-state index contributed by atoms with van der Waals surface area (Å²) in [5, 5.41) is 0. The maximum atomic E-state index is 11.3. The van der Waals surface area contributed by atoms with Crippen LogP contribution in [0.25, 0.3) is 0 Å². The number of esters is 1. The molecule has 0 fully saturated rings. The minimum atomic E-state index is -0.331. The molecule has 1 aromatic carbocycles. The Bertz CT molecular complexity index is 552. The Morgan fingerprint density at radius 3 is 2.26 bits per heavy atom. The summed E-state index contributed by atoms with van der Waals surface area (Å²) in [7, 11) is 2.95. The van der Waals surface area contributed by atoms with Crippen LogP contribution in [0.5, 0.6) is 5.88 Å². The summed E-state index contributed by atoms with van der Waals surface area (Å²) in [6.07, 6.45) is 1.75. The lowest BCUT2D eigenvalue weighted by Gasteiger charge is -2.04. The van der Waals surface area contributed by atoms with Crippen LogP contribution in [0.3, 0.4) is 0 Å². The normalized spacial score (nSPS) is 10.0. The van der Waals surface area contributed by atoms with E-state index in [9.17, 15) is 4.79 Å². The molecule has 0 bridgehead atoms. The highest BCUT2D eigenvalue weighted by molar-refractivity contribution is 7.99. The third-order valence-corrected chi connectivity index (χ3v) is 3.41. The Morgan fingerprint density at radius 2 is 1.74 bits per heavy atom. The largest absolute Gasteiger partial charge is 0.481 e. The van der Waals surface area contributed by atoms with Crippen LogP contribution in [0, 0.1) is 0 Å². The molecule has 98 valence electrons. The van der Waals surface area contributed by atoms with E-state index in [0.29, 0.717) is 11.4 Å². The zero-order chi connectivity index (χ0) is 13.7.